The second-order valence-corrected chi connectivity index (χ2v) is 10.8. The number of phenols is 5. The zero-order valence-electron chi connectivity index (χ0n) is 22.4. The molecule has 16 heteroatoms. The van der Waals surface area contributed by atoms with E-state index in [1.807, 2.05) is 0 Å². The number of benzene rings is 2. The van der Waals surface area contributed by atoms with Gasteiger partial charge in [-0.3, -0.25) is 4.79 Å². The number of aliphatic hydroxyl groups is 6. The molecule has 0 amide bonds. The lowest BCUT2D eigenvalue weighted by Crippen LogP contribution is -2.62. The number of rotatable bonds is 5. The number of aliphatic hydroxyl groups excluding tert-OH is 6. The van der Waals surface area contributed by atoms with Gasteiger partial charge in [0.1, 0.15) is 59.4 Å². The van der Waals surface area contributed by atoms with Crippen molar-refractivity contribution in [3.05, 3.63) is 35.4 Å². The lowest BCUT2D eigenvalue weighted by molar-refractivity contribution is -0.316. The fraction of sp³-hybridized carbons (Fsp3) is 0.519. The number of fused-ring (bicyclic) bond motifs is 1. The van der Waals surface area contributed by atoms with Crippen molar-refractivity contribution in [2.75, 3.05) is 0 Å². The Labute approximate surface area is 242 Å². The predicted octanol–water partition coefficient (Wildman–Crippen LogP) is -2.02. The zero-order chi connectivity index (χ0) is 31.5. The summed E-state index contributed by atoms with van der Waals surface area (Å²) in [6.07, 6.45) is -19.5. The van der Waals surface area contributed by atoms with Crippen LogP contribution in [0.4, 0.5) is 0 Å². The van der Waals surface area contributed by atoms with Gasteiger partial charge in [-0.25, -0.2) is 0 Å². The van der Waals surface area contributed by atoms with Crippen LogP contribution in [0.5, 0.6) is 34.5 Å². The second-order valence-electron chi connectivity index (χ2n) is 10.8. The van der Waals surface area contributed by atoms with Crippen molar-refractivity contribution in [1.82, 2.24) is 0 Å². The van der Waals surface area contributed by atoms with Crippen molar-refractivity contribution < 1.29 is 79.9 Å². The SMILES string of the molecule is C[C@H]1O[C@@H](C[C@@H]2O[C@@H](O[C@H]3C(=O)c4c(O)cc(O)cc4O[C@H]3c3cc(O)c(O)c(O)c3)[C@@H](O)[C@@H](O)[C@@H]2O)[C@H](O)[C@H](O)[C@H]1O. The molecule has 43 heavy (non-hydrogen) atoms. The molecule has 16 nitrogen and oxygen atoms in total. The van der Waals surface area contributed by atoms with Crippen molar-refractivity contribution in [1.29, 1.82) is 0 Å². The van der Waals surface area contributed by atoms with E-state index < -0.39 is 114 Å². The van der Waals surface area contributed by atoms with Gasteiger partial charge in [-0.15, -0.1) is 0 Å². The monoisotopic (exact) mass is 612 g/mol. The lowest BCUT2D eigenvalue weighted by Gasteiger charge is -2.45. The number of phenolic OH excluding ortho intramolecular Hbond substituents is 5. The highest BCUT2D eigenvalue weighted by Crippen LogP contribution is 2.46. The predicted molar refractivity (Wildman–Crippen MR) is 137 cm³/mol. The van der Waals surface area contributed by atoms with Crippen LogP contribution in [0.2, 0.25) is 0 Å². The van der Waals surface area contributed by atoms with Crippen molar-refractivity contribution in [2.24, 2.45) is 0 Å². The number of hydrogen-bond acceptors (Lipinski definition) is 16. The van der Waals surface area contributed by atoms with E-state index in [9.17, 15) is 61.0 Å². The van der Waals surface area contributed by atoms with Crippen LogP contribution in [-0.4, -0.2) is 129 Å². The molecule has 2 aromatic carbocycles. The van der Waals surface area contributed by atoms with Gasteiger partial charge in [-0.05, 0) is 19.1 Å². The fourth-order valence-electron chi connectivity index (χ4n) is 5.50. The molecule has 0 bridgehead atoms. The molecule has 12 atom stereocenters. The van der Waals surface area contributed by atoms with E-state index in [1.165, 1.54) is 6.92 Å². The molecule has 0 unspecified atom stereocenters. The third-order valence-corrected chi connectivity index (χ3v) is 7.89. The summed E-state index contributed by atoms with van der Waals surface area (Å²) in [5, 5.41) is 113. The van der Waals surface area contributed by atoms with E-state index >= 15 is 0 Å². The first-order valence-electron chi connectivity index (χ1n) is 13.3. The number of Topliss-reactive ketones (excluding diaryl/α,β-unsaturated/α-hetero) is 1. The van der Waals surface area contributed by atoms with E-state index in [0.717, 1.165) is 24.3 Å². The van der Waals surface area contributed by atoms with E-state index in [4.69, 9.17) is 18.9 Å². The molecule has 236 valence electrons. The summed E-state index contributed by atoms with van der Waals surface area (Å²) in [6, 6.07) is 3.76. The van der Waals surface area contributed by atoms with E-state index in [0.29, 0.717) is 0 Å². The maximum absolute atomic E-state index is 13.7. The summed E-state index contributed by atoms with van der Waals surface area (Å²) in [6.45, 7) is 1.44. The zero-order valence-corrected chi connectivity index (χ0v) is 22.4. The van der Waals surface area contributed by atoms with E-state index in [1.54, 1.807) is 0 Å². The van der Waals surface area contributed by atoms with Crippen LogP contribution in [0.15, 0.2) is 24.3 Å². The van der Waals surface area contributed by atoms with Gasteiger partial charge in [0.05, 0.1) is 18.3 Å². The number of ether oxygens (including phenoxy) is 4. The highest BCUT2D eigenvalue weighted by Gasteiger charge is 2.51. The summed E-state index contributed by atoms with van der Waals surface area (Å²) >= 11 is 0. The summed E-state index contributed by atoms with van der Waals surface area (Å²) < 4.78 is 22.8. The van der Waals surface area contributed by atoms with Crippen LogP contribution in [0.25, 0.3) is 0 Å². The summed E-state index contributed by atoms with van der Waals surface area (Å²) in [5.41, 5.74) is -0.573. The molecular weight excluding hydrogens is 580 g/mol. The summed E-state index contributed by atoms with van der Waals surface area (Å²) in [4.78, 5) is 13.7. The van der Waals surface area contributed by atoms with Crippen molar-refractivity contribution in [3.8, 4) is 34.5 Å². The highest BCUT2D eigenvalue weighted by molar-refractivity contribution is 6.05. The Bertz CT molecular complexity index is 1340. The maximum atomic E-state index is 13.7. The molecule has 2 aromatic rings. The van der Waals surface area contributed by atoms with E-state index in [-0.39, 0.29) is 17.7 Å². The summed E-state index contributed by atoms with van der Waals surface area (Å²) in [5.74, 6) is -4.91. The fourth-order valence-corrected chi connectivity index (χ4v) is 5.50. The average molecular weight is 613 g/mol. The molecule has 3 heterocycles. The number of hydrogen-bond donors (Lipinski definition) is 11. The van der Waals surface area contributed by atoms with Crippen LogP contribution in [0.3, 0.4) is 0 Å². The number of ketones is 1. The third-order valence-electron chi connectivity index (χ3n) is 7.89. The average Bonchev–Trinajstić information content (AvgIpc) is 2.95. The van der Waals surface area contributed by atoms with Crippen LogP contribution < -0.4 is 4.74 Å². The minimum Gasteiger partial charge on any atom is -0.508 e. The molecule has 5 rings (SSSR count). The molecule has 3 aliphatic rings. The van der Waals surface area contributed by atoms with Crippen molar-refractivity contribution in [2.45, 2.75) is 86.8 Å². The molecule has 3 aliphatic heterocycles. The molecule has 0 spiro atoms. The molecular formula is C27H32O16. The first-order valence-corrected chi connectivity index (χ1v) is 13.3. The second kappa shape index (κ2) is 11.6. The van der Waals surface area contributed by atoms with Crippen LogP contribution in [-0.2, 0) is 14.2 Å². The van der Waals surface area contributed by atoms with Crippen LogP contribution in [0, 0.1) is 0 Å². The number of aromatic hydroxyl groups is 5. The Morgan fingerprint density at radius 2 is 1.30 bits per heavy atom. The first kappa shape index (κ1) is 31.0. The van der Waals surface area contributed by atoms with Gasteiger partial charge in [0, 0.05) is 24.1 Å². The minimum atomic E-state index is -1.97. The molecule has 0 radical (unpaired) electrons. The van der Waals surface area contributed by atoms with Crippen molar-refractivity contribution >= 4 is 5.78 Å². The normalized spacial score (nSPS) is 37.9. The smallest absolute Gasteiger partial charge is 0.203 e. The van der Waals surface area contributed by atoms with Gasteiger partial charge >= 0.3 is 0 Å². The van der Waals surface area contributed by atoms with Gasteiger partial charge in [0.15, 0.2) is 35.7 Å². The minimum absolute atomic E-state index is 0.137. The Kier molecular flexibility index (Phi) is 8.34. The first-order chi connectivity index (χ1) is 20.2. The molecule has 11 N–H and O–H groups in total. The Balaban J connectivity index is 1.47. The van der Waals surface area contributed by atoms with Crippen LogP contribution in [0.1, 0.15) is 35.4 Å². The molecule has 2 fully saturated rings. The van der Waals surface area contributed by atoms with Gasteiger partial charge in [0.25, 0.3) is 0 Å². The summed E-state index contributed by atoms with van der Waals surface area (Å²) in [7, 11) is 0. The highest BCUT2D eigenvalue weighted by atomic mass is 16.7. The number of carbonyl (C=O) groups excluding carboxylic acids is 1. The van der Waals surface area contributed by atoms with Crippen LogP contribution >= 0.6 is 0 Å². The molecule has 2 saturated heterocycles. The van der Waals surface area contributed by atoms with Gasteiger partial charge in [-0.2, -0.15) is 0 Å². The lowest BCUT2D eigenvalue weighted by atomic mass is 9.88. The maximum Gasteiger partial charge on any atom is 0.203 e. The standard InChI is InChI=1S/C27H32O16/c1-7-17(32)22(37)19(34)14(40-7)6-15-20(35)23(38)24(39)27(42-15)43-26-21(36)16-10(29)4-9(28)5-13(16)41-25(26)8-2-11(30)18(33)12(31)3-8/h2-5,7,14-15,17,19-20,22-35,37-39H,6H2,1H3/t7-,14+,15+,17+,19+,20-,22-,23+,24+,25+,26+,27+/m1/s1. The Morgan fingerprint density at radius 3 is 1.93 bits per heavy atom. The topological polar surface area (TPSA) is 277 Å². The molecule has 0 aromatic heterocycles. The number of carbonyl (C=O) groups is 1. The molecule has 0 aliphatic carbocycles. The molecule has 0 saturated carbocycles. The van der Waals surface area contributed by atoms with Gasteiger partial charge < -0.3 is 75.1 Å². The van der Waals surface area contributed by atoms with E-state index in [2.05, 4.69) is 0 Å². The van der Waals surface area contributed by atoms with Crippen molar-refractivity contribution in [3.63, 3.8) is 0 Å². The van der Waals surface area contributed by atoms with Gasteiger partial charge in [0.2, 0.25) is 5.78 Å². The third kappa shape index (κ3) is 5.52. The van der Waals surface area contributed by atoms with Gasteiger partial charge in [-0.1, -0.05) is 0 Å². The largest absolute Gasteiger partial charge is 0.508 e. The quantitative estimate of drug-likeness (QED) is 0.163. The Hall–Kier alpha value is -3.45. The Morgan fingerprint density at radius 1 is 0.721 bits per heavy atom.